The fraction of sp³-hybridized carbons (Fsp3) is 0.526. The van der Waals surface area contributed by atoms with Crippen LogP contribution in [-0.2, 0) is 24.3 Å². The van der Waals surface area contributed by atoms with E-state index in [1.165, 1.54) is 6.07 Å². The molecule has 2 heterocycles. The SMILES string of the molecule is O=C(COC(=O)[C@@H]1CCCN1C1=NS(=O)(=O)c2ccccc21)NC1CCCC1. The number of likely N-dealkylation sites (tertiary alicyclic amines) is 1. The monoisotopic (exact) mass is 405 g/mol. The van der Waals surface area contributed by atoms with E-state index in [2.05, 4.69) is 9.71 Å². The van der Waals surface area contributed by atoms with Gasteiger partial charge in [-0.2, -0.15) is 8.42 Å². The van der Waals surface area contributed by atoms with Crippen LogP contribution in [0.1, 0.15) is 44.1 Å². The van der Waals surface area contributed by atoms with Gasteiger partial charge in [0.05, 0.1) is 0 Å². The first-order valence-corrected chi connectivity index (χ1v) is 11.1. The van der Waals surface area contributed by atoms with Crippen LogP contribution in [0, 0.1) is 0 Å². The summed E-state index contributed by atoms with van der Waals surface area (Å²) in [6.07, 6.45) is 5.38. The molecule has 1 N–H and O–H groups in total. The van der Waals surface area contributed by atoms with Crippen molar-refractivity contribution in [3.63, 3.8) is 0 Å². The minimum absolute atomic E-state index is 0.153. The predicted molar refractivity (Wildman–Crippen MR) is 101 cm³/mol. The molecule has 4 rings (SSSR count). The van der Waals surface area contributed by atoms with E-state index < -0.39 is 22.0 Å². The second-order valence-corrected chi connectivity index (χ2v) is 8.97. The van der Waals surface area contributed by atoms with Gasteiger partial charge in [-0.05, 0) is 37.8 Å². The fourth-order valence-corrected chi connectivity index (χ4v) is 5.35. The van der Waals surface area contributed by atoms with Crippen molar-refractivity contribution in [2.45, 2.75) is 55.5 Å². The number of amides is 1. The highest BCUT2D eigenvalue weighted by Gasteiger charge is 2.40. The fourth-order valence-electron chi connectivity index (χ4n) is 4.13. The van der Waals surface area contributed by atoms with Crippen LogP contribution in [0.5, 0.6) is 0 Å². The van der Waals surface area contributed by atoms with Crippen molar-refractivity contribution in [1.29, 1.82) is 0 Å². The summed E-state index contributed by atoms with van der Waals surface area (Å²) in [5.41, 5.74) is 0.501. The zero-order valence-corrected chi connectivity index (χ0v) is 16.3. The maximum atomic E-state index is 12.6. The van der Waals surface area contributed by atoms with Crippen LogP contribution in [0.4, 0.5) is 0 Å². The molecular weight excluding hydrogens is 382 g/mol. The third-order valence-electron chi connectivity index (χ3n) is 5.48. The van der Waals surface area contributed by atoms with Gasteiger partial charge < -0.3 is 15.0 Å². The number of hydrogen-bond donors (Lipinski definition) is 1. The van der Waals surface area contributed by atoms with Crippen LogP contribution >= 0.6 is 0 Å². The first kappa shape index (κ1) is 18.9. The molecule has 1 aliphatic carbocycles. The molecule has 0 spiro atoms. The van der Waals surface area contributed by atoms with E-state index in [9.17, 15) is 18.0 Å². The molecule has 1 aromatic carbocycles. The van der Waals surface area contributed by atoms with Gasteiger partial charge >= 0.3 is 5.97 Å². The summed E-state index contributed by atoms with van der Waals surface area (Å²) >= 11 is 0. The predicted octanol–water partition coefficient (Wildman–Crippen LogP) is 1.20. The highest BCUT2D eigenvalue weighted by Crippen LogP contribution is 2.31. The summed E-state index contributed by atoms with van der Waals surface area (Å²) in [4.78, 5) is 26.4. The van der Waals surface area contributed by atoms with Crippen LogP contribution in [0.2, 0.25) is 0 Å². The second kappa shape index (κ2) is 7.54. The Morgan fingerprint density at radius 2 is 1.89 bits per heavy atom. The van der Waals surface area contributed by atoms with Gasteiger partial charge in [0.25, 0.3) is 15.9 Å². The Morgan fingerprint density at radius 1 is 1.14 bits per heavy atom. The Balaban J connectivity index is 1.42. The molecule has 28 heavy (non-hydrogen) atoms. The Labute approximate surface area is 164 Å². The molecule has 0 unspecified atom stereocenters. The summed E-state index contributed by atoms with van der Waals surface area (Å²) in [6.45, 7) is 0.192. The molecule has 0 radical (unpaired) electrons. The van der Waals surface area contributed by atoms with Crippen molar-refractivity contribution >= 4 is 27.7 Å². The molecule has 3 aliphatic rings. The average molecular weight is 405 g/mol. The lowest BCUT2D eigenvalue weighted by Crippen LogP contribution is -2.43. The molecule has 1 atom stereocenters. The van der Waals surface area contributed by atoms with Gasteiger partial charge in [-0.3, -0.25) is 4.79 Å². The van der Waals surface area contributed by atoms with Crippen LogP contribution in [0.15, 0.2) is 33.6 Å². The third kappa shape index (κ3) is 3.63. The van der Waals surface area contributed by atoms with Gasteiger partial charge in [0.15, 0.2) is 12.4 Å². The highest BCUT2D eigenvalue weighted by molar-refractivity contribution is 7.90. The van der Waals surface area contributed by atoms with E-state index in [0.29, 0.717) is 18.5 Å². The van der Waals surface area contributed by atoms with Crippen LogP contribution in [0.25, 0.3) is 0 Å². The van der Waals surface area contributed by atoms with Crippen molar-refractivity contribution in [3.05, 3.63) is 29.8 Å². The lowest BCUT2D eigenvalue weighted by molar-refractivity contribution is -0.152. The standard InChI is InChI=1S/C19H23N3O5S/c23-17(20-13-6-1-2-7-13)12-27-19(24)15-9-5-11-22(15)18-14-8-3-4-10-16(14)28(25,26)21-18/h3-4,8,10,13,15H,1-2,5-7,9,11-12H2,(H,20,23)/t15-/m0/s1. The first-order chi connectivity index (χ1) is 13.5. The molecule has 2 fully saturated rings. The summed E-state index contributed by atoms with van der Waals surface area (Å²) in [6, 6.07) is 6.12. The minimum Gasteiger partial charge on any atom is -0.454 e. The van der Waals surface area contributed by atoms with Crippen molar-refractivity contribution < 1.29 is 22.7 Å². The van der Waals surface area contributed by atoms with Crippen molar-refractivity contribution in [2.24, 2.45) is 4.40 Å². The lowest BCUT2D eigenvalue weighted by atomic mass is 10.1. The number of nitrogens with zero attached hydrogens (tertiary/aromatic N) is 2. The molecule has 1 saturated heterocycles. The Morgan fingerprint density at radius 3 is 2.68 bits per heavy atom. The normalized spacial score (nSPS) is 23.4. The quantitative estimate of drug-likeness (QED) is 0.755. The number of fused-ring (bicyclic) bond motifs is 1. The summed E-state index contributed by atoms with van der Waals surface area (Å²) < 4.78 is 33.7. The van der Waals surface area contributed by atoms with Crippen LogP contribution in [-0.4, -0.2) is 56.3 Å². The smallest absolute Gasteiger partial charge is 0.329 e. The molecular formula is C19H23N3O5S. The number of carbonyl (C=O) groups is 2. The third-order valence-corrected chi connectivity index (χ3v) is 6.80. The number of sulfonamides is 1. The highest BCUT2D eigenvalue weighted by atomic mass is 32.2. The number of amidine groups is 1. The number of nitrogens with one attached hydrogen (secondary N) is 1. The van der Waals surface area contributed by atoms with Crippen molar-refractivity contribution in [3.8, 4) is 0 Å². The molecule has 0 aromatic heterocycles. The van der Waals surface area contributed by atoms with E-state index in [-0.39, 0.29) is 29.3 Å². The zero-order chi connectivity index (χ0) is 19.7. The van der Waals surface area contributed by atoms with Gasteiger partial charge in [0, 0.05) is 18.2 Å². The van der Waals surface area contributed by atoms with Crippen molar-refractivity contribution in [2.75, 3.05) is 13.2 Å². The molecule has 0 bridgehead atoms. The summed E-state index contributed by atoms with van der Waals surface area (Å²) in [5, 5.41) is 2.88. The summed E-state index contributed by atoms with van der Waals surface area (Å²) in [7, 11) is -3.75. The van der Waals surface area contributed by atoms with E-state index >= 15 is 0 Å². The lowest BCUT2D eigenvalue weighted by Gasteiger charge is -2.25. The van der Waals surface area contributed by atoms with Gasteiger partial charge in [0.1, 0.15) is 10.9 Å². The number of carbonyl (C=O) groups excluding carboxylic acids is 2. The second-order valence-electron chi connectivity index (χ2n) is 7.39. The van der Waals surface area contributed by atoms with E-state index in [0.717, 1.165) is 32.1 Å². The Hall–Kier alpha value is -2.42. The van der Waals surface area contributed by atoms with Gasteiger partial charge in [-0.1, -0.05) is 25.0 Å². The Bertz CT molecular complexity index is 921. The van der Waals surface area contributed by atoms with E-state index in [4.69, 9.17) is 4.74 Å². The van der Waals surface area contributed by atoms with E-state index in [1.54, 1.807) is 23.1 Å². The molecule has 1 aromatic rings. The average Bonchev–Trinajstić information content (AvgIpc) is 3.40. The maximum Gasteiger partial charge on any atom is 0.329 e. The molecule has 1 saturated carbocycles. The molecule has 1 amide bonds. The van der Waals surface area contributed by atoms with E-state index in [1.807, 2.05) is 0 Å². The zero-order valence-electron chi connectivity index (χ0n) is 15.5. The molecule has 150 valence electrons. The van der Waals surface area contributed by atoms with Crippen LogP contribution < -0.4 is 5.32 Å². The first-order valence-electron chi connectivity index (χ1n) is 9.63. The number of esters is 1. The summed E-state index contributed by atoms with van der Waals surface area (Å²) in [5.74, 6) is -0.537. The number of rotatable bonds is 4. The van der Waals surface area contributed by atoms with Crippen molar-refractivity contribution in [1.82, 2.24) is 10.2 Å². The largest absolute Gasteiger partial charge is 0.454 e. The van der Waals surface area contributed by atoms with Crippen LogP contribution in [0.3, 0.4) is 0 Å². The Kier molecular flexibility index (Phi) is 5.09. The molecule has 9 heteroatoms. The topological polar surface area (TPSA) is 105 Å². The molecule has 2 aliphatic heterocycles. The van der Waals surface area contributed by atoms with Gasteiger partial charge in [-0.15, -0.1) is 4.40 Å². The number of benzene rings is 1. The molecule has 8 nitrogen and oxygen atoms in total. The minimum atomic E-state index is -3.75. The number of hydrogen-bond acceptors (Lipinski definition) is 6. The number of ether oxygens (including phenoxy) is 1. The van der Waals surface area contributed by atoms with Gasteiger partial charge in [-0.25, -0.2) is 4.79 Å². The maximum absolute atomic E-state index is 12.6. The van der Waals surface area contributed by atoms with Gasteiger partial charge in [0.2, 0.25) is 0 Å².